The largest absolute Gasteiger partial charge is 0.400 e. The normalized spacial score (nSPS) is 15.3. The first kappa shape index (κ1) is 23.8. The Morgan fingerprint density at radius 2 is 0.958 bits per heavy atom. The zero-order valence-electron chi connectivity index (χ0n) is 15.5. The van der Waals surface area contributed by atoms with Crippen LogP contribution in [0.5, 0.6) is 0 Å². The Bertz CT molecular complexity index is 465. The molecule has 24 heavy (non-hydrogen) atoms. The summed E-state index contributed by atoms with van der Waals surface area (Å²) in [6, 6.07) is 0. The molecule has 0 aromatic heterocycles. The minimum atomic E-state index is -4.79. The van der Waals surface area contributed by atoms with Crippen LogP contribution in [-0.4, -0.2) is 29.0 Å². The zero-order chi connectivity index (χ0) is 18.6. The Labute approximate surface area is 148 Å². The Morgan fingerprint density at radius 3 is 1.21 bits per heavy atom. The van der Waals surface area contributed by atoms with Gasteiger partial charge in [0, 0.05) is 0 Å². The van der Waals surface area contributed by atoms with E-state index in [1.165, 1.54) is 0 Å². The SMILES string of the molecule is CCCCCC(CC)OS(=O)(=O)S(=O)(=O)OC(CC)CCCCC. The number of hydrogen-bond acceptors (Lipinski definition) is 6. The quantitative estimate of drug-likeness (QED) is 0.308. The van der Waals surface area contributed by atoms with Gasteiger partial charge in [-0.3, -0.25) is 8.37 Å². The molecule has 0 spiro atoms. The molecule has 0 N–H and O–H groups in total. The number of hydrogen-bond donors (Lipinski definition) is 0. The predicted molar refractivity (Wildman–Crippen MR) is 96.5 cm³/mol. The van der Waals surface area contributed by atoms with Crippen LogP contribution >= 0.6 is 0 Å². The van der Waals surface area contributed by atoms with Gasteiger partial charge in [0.05, 0.1) is 12.2 Å². The Kier molecular flexibility index (Phi) is 12.1. The molecule has 2 unspecified atom stereocenters. The van der Waals surface area contributed by atoms with E-state index in [1.807, 2.05) is 13.8 Å². The van der Waals surface area contributed by atoms with Gasteiger partial charge in [-0.15, -0.1) is 0 Å². The highest BCUT2D eigenvalue weighted by Crippen LogP contribution is 2.21. The Morgan fingerprint density at radius 1 is 0.625 bits per heavy atom. The summed E-state index contributed by atoms with van der Waals surface area (Å²) in [5.74, 6) is 0. The average molecular weight is 387 g/mol. The van der Waals surface area contributed by atoms with E-state index in [1.54, 1.807) is 13.8 Å². The van der Waals surface area contributed by atoms with Crippen LogP contribution < -0.4 is 0 Å². The molecule has 0 rings (SSSR count). The van der Waals surface area contributed by atoms with Gasteiger partial charge in [-0.1, -0.05) is 66.2 Å². The van der Waals surface area contributed by atoms with Crippen LogP contribution in [0, 0.1) is 0 Å². The Hall–Kier alpha value is -0.180. The van der Waals surface area contributed by atoms with Gasteiger partial charge >= 0.3 is 18.3 Å². The molecule has 0 saturated heterocycles. The van der Waals surface area contributed by atoms with Gasteiger partial charge in [0.2, 0.25) is 0 Å². The molecule has 8 heteroatoms. The third kappa shape index (κ3) is 8.78. The van der Waals surface area contributed by atoms with Crippen LogP contribution in [0.1, 0.15) is 91.9 Å². The summed E-state index contributed by atoms with van der Waals surface area (Å²) in [5, 5.41) is 0. The van der Waals surface area contributed by atoms with E-state index in [0.717, 1.165) is 38.5 Å². The van der Waals surface area contributed by atoms with E-state index >= 15 is 0 Å². The van der Waals surface area contributed by atoms with Crippen molar-refractivity contribution in [1.82, 2.24) is 0 Å². The molecule has 0 amide bonds. The van der Waals surface area contributed by atoms with Crippen LogP contribution in [0.3, 0.4) is 0 Å². The first-order valence-corrected chi connectivity index (χ1v) is 12.4. The Balaban J connectivity index is 4.82. The van der Waals surface area contributed by atoms with Crippen LogP contribution in [0.2, 0.25) is 0 Å². The third-order valence-corrected chi connectivity index (χ3v) is 7.41. The van der Waals surface area contributed by atoms with E-state index in [2.05, 4.69) is 0 Å². The highest BCUT2D eigenvalue weighted by Gasteiger charge is 2.36. The van der Waals surface area contributed by atoms with Crippen LogP contribution in [-0.2, 0) is 26.7 Å². The topological polar surface area (TPSA) is 86.7 Å². The van der Waals surface area contributed by atoms with E-state index in [9.17, 15) is 16.8 Å². The molecule has 0 aliphatic carbocycles. The van der Waals surface area contributed by atoms with Crippen molar-refractivity contribution in [2.75, 3.05) is 0 Å². The van der Waals surface area contributed by atoms with Crippen molar-refractivity contribution < 1.29 is 25.2 Å². The van der Waals surface area contributed by atoms with Crippen molar-refractivity contribution in [1.29, 1.82) is 0 Å². The molecule has 2 atom stereocenters. The van der Waals surface area contributed by atoms with Gasteiger partial charge < -0.3 is 0 Å². The molecule has 0 saturated carbocycles. The summed E-state index contributed by atoms with van der Waals surface area (Å²) in [6.45, 7) is 7.64. The molecule has 146 valence electrons. The fourth-order valence-corrected chi connectivity index (χ4v) is 4.88. The molecule has 0 aliphatic rings. The second kappa shape index (κ2) is 12.2. The molecular weight excluding hydrogens is 352 g/mol. The highest BCUT2D eigenvalue weighted by molar-refractivity contribution is 8.63. The van der Waals surface area contributed by atoms with E-state index < -0.39 is 30.5 Å². The minimum absolute atomic E-state index is 0.437. The fourth-order valence-electron chi connectivity index (χ4n) is 2.31. The van der Waals surface area contributed by atoms with Gasteiger partial charge in [-0.05, 0) is 25.7 Å². The van der Waals surface area contributed by atoms with Crippen molar-refractivity contribution in [2.24, 2.45) is 0 Å². The van der Waals surface area contributed by atoms with Crippen LogP contribution in [0.4, 0.5) is 0 Å². The fraction of sp³-hybridized carbons (Fsp3) is 1.00. The summed E-state index contributed by atoms with van der Waals surface area (Å²) in [4.78, 5) is 0. The minimum Gasteiger partial charge on any atom is -0.253 e. The van der Waals surface area contributed by atoms with E-state index in [-0.39, 0.29) is 0 Å². The van der Waals surface area contributed by atoms with Crippen LogP contribution in [0.15, 0.2) is 0 Å². The van der Waals surface area contributed by atoms with Gasteiger partial charge in [0.15, 0.2) is 0 Å². The van der Waals surface area contributed by atoms with E-state index in [0.29, 0.717) is 25.7 Å². The van der Waals surface area contributed by atoms with Gasteiger partial charge in [0.1, 0.15) is 0 Å². The van der Waals surface area contributed by atoms with Crippen molar-refractivity contribution >= 4 is 18.3 Å². The van der Waals surface area contributed by atoms with Gasteiger partial charge in [0.25, 0.3) is 0 Å². The van der Waals surface area contributed by atoms with Crippen molar-refractivity contribution in [3.8, 4) is 0 Å². The summed E-state index contributed by atoms with van der Waals surface area (Å²) < 4.78 is 58.3. The number of unbranched alkanes of at least 4 members (excludes halogenated alkanes) is 4. The molecule has 6 nitrogen and oxygen atoms in total. The molecular formula is C16H34O6S2. The van der Waals surface area contributed by atoms with E-state index in [4.69, 9.17) is 8.37 Å². The summed E-state index contributed by atoms with van der Waals surface area (Å²) in [6.07, 6.45) is 6.19. The lowest BCUT2D eigenvalue weighted by Gasteiger charge is -2.18. The van der Waals surface area contributed by atoms with Crippen molar-refractivity contribution in [3.63, 3.8) is 0 Å². The molecule has 0 heterocycles. The summed E-state index contributed by atoms with van der Waals surface area (Å²) >= 11 is 0. The summed E-state index contributed by atoms with van der Waals surface area (Å²) in [5.41, 5.74) is 0. The third-order valence-electron chi connectivity index (χ3n) is 3.93. The predicted octanol–water partition coefficient (Wildman–Crippen LogP) is 4.31. The van der Waals surface area contributed by atoms with Gasteiger partial charge in [-0.25, -0.2) is 0 Å². The average Bonchev–Trinajstić information content (AvgIpc) is 2.52. The first-order valence-electron chi connectivity index (χ1n) is 9.10. The zero-order valence-corrected chi connectivity index (χ0v) is 17.1. The monoisotopic (exact) mass is 386 g/mol. The highest BCUT2D eigenvalue weighted by atomic mass is 33.2. The summed E-state index contributed by atoms with van der Waals surface area (Å²) in [7, 11) is -9.59. The standard InChI is InChI=1S/C16H34O6S2/c1-5-9-11-13-15(7-3)21-23(17,18)24(19,20)22-16(8-4)14-12-10-6-2/h15-16H,5-14H2,1-4H3. The maximum absolute atomic E-state index is 12.1. The second-order valence-electron chi connectivity index (χ2n) is 6.06. The van der Waals surface area contributed by atoms with Crippen molar-refractivity contribution in [3.05, 3.63) is 0 Å². The lowest BCUT2D eigenvalue weighted by molar-refractivity contribution is 0.178. The molecule has 0 aromatic carbocycles. The maximum Gasteiger partial charge on any atom is 0.400 e. The molecule has 0 radical (unpaired) electrons. The lowest BCUT2D eigenvalue weighted by atomic mass is 10.1. The molecule has 0 bridgehead atoms. The molecule has 0 aromatic rings. The molecule has 0 aliphatic heterocycles. The second-order valence-corrected chi connectivity index (χ2v) is 10.5. The number of rotatable bonds is 15. The molecule has 0 fully saturated rings. The van der Waals surface area contributed by atoms with Gasteiger partial charge in [-0.2, -0.15) is 16.8 Å². The first-order chi connectivity index (χ1) is 11.2. The van der Waals surface area contributed by atoms with Crippen LogP contribution in [0.25, 0.3) is 0 Å². The maximum atomic E-state index is 12.1. The smallest absolute Gasteiger partial charge is 0.253 e. The van der Waals surface area contributed by atoms with Crippen molar-refractivity contribution in [2.45, 2.75) is 104 Å². The lowest BCUT2D eigenvalue weighted by Crippen LogP contribution is -2.29.